The lowest BCUT2D eigenvalue weighted by Crippen LogP contribution is -2.47. The third kappa shape index (κ3) is 2.31. The fraction of sp³-hybridized carbons (Fsp3) is 0.500. The van der Waals surface area contributed by atoms with E-state index in [1.165, 1.54) is 16.2 Å². The summed E-state index contributed by atoms with van der Waals surface area (Å²) < 4.78 is 1.76. The Bertz CT molecular complexity index is 684. The molecule has 2 aromatic rings. The molecule has 3 heterocycles. The van der Waals surface area contributed by atoms with Crippen LogP contribution in [0, 0.1) is 6.92 Å². The summed E-state index contributed by atoms with van der Waals surface area (Å²) in [5.41, 5.74) is 0.885. The number of piperidine rings is 1. The largest absolute Gasteiger partial charge is 0.480 e. The molecule has 1 atom stereocenters. The number of carbonyl (C=O) groups is 2. The zero-order valence-electron chi connectivity index (χ0n) is 12.0. The Kier molecular flexibility index (Phi) is 3.44. The van der Waals surface area contributed by atoms with Crippen LogP contribution in [0.1, 0.15) is 34.6 Å². The van der Waals surface area contributed by atoms with Gasteiger partial charge in [0.25, 0.3) is 5.91 Å². The fourth-order valence-corrected chi connectivity index (χ4v) is 3.96. The van der Waals surface area contributed by atoms with Crippen molar-refractivity contribution in [2.24, 2.45) is 7.05 Å². The molecular formula is C14H17N3O3S. The quantitative estimate of drug-likeness (QED) is 0.921. The van der Waals surface area contributed by atoms with E-state index < -0.39 is 12.0 Å². The van der Waals surface area contributed by atoms with Gasteiger partial charge in [-0.15, -0.1) is 11.3 Å². The number of hydrogen-bond acceptors (Lipinski definition) is 4. The van der Waals surface area contributed by atoms with Gasteiger partial charge in [-0.3, -0.25) is 9.48 Å². The minimum absolute atomic E-state index is 0.178. The number of rotatable bonds is 2. The lowest BCUT2D eigenvalue weighted by Gasteiger charge is -2.32. The van der Waals surface area contributed by atoms with E-state index in [4.69, 9.17) is 0 Å². The van der Waals surface area contributed by atoms with Crippen LogP contribution in [0.4, 0.5) is 0 Å². The lowest BCUT2D eigenvalue weighted by atomic mass is 10.0. The van der Waals surface area contributed by atoms with Crippen LogP contribution >= 0.6 is 11.3 Å². The maximum Gasteiger partial charge on any atom is 0.326 e. The molecule has 0 unspecified atom stereocenters. The first-order valence-corrected chi connectivity index (χ1v) is 7.77. The molecule has 1 saturated heterocycles. The molecule has 0 radical (unpaired) electrons. The van der Waals surface area contributed by atoms with E-state index in [9.17, 15) is 14.7 Å². The minimum atomic E-state index is -0.915. The summed E-state index contributed by atoms with van der Waals surface area (Å²) in [5.74, 6) is -1.09. The summed E-state index contributed by atoms with van der Waals surface area (Å²) in [5, 5.41) is 14.6. The Morgan fingerprint density at radius 3 is 2.86 bits per heavy atom. The summed E-state index contributed by atoms with van der Waals surface area (Å²) in [6.45, 7) is 2.42. The molecule has 1 amide bonds. The number of carboxylic acids is 1. The number of amides is 1. The SMILES string of the molecule is Cc1nn(C)c2sc(C(=O)N3CCCC[C@H]3C(=O)O)cc12. The highest BCUT2D eigenvalue weighted by molar-refractivity contribution is 7.20. The van der Waals surface area contributed by atoms with Crippen molar-refractivity contribution in [2.45, 2.75) is 32.2 Å². The summed E-state index contributed by atoms with van der Waals surface area (Å²) in [6, 6.07) is 1.13. The molecule has 0 spiro atoms. The molecule has 112 valence electrons. The molecule has 2 aromatic heterocycles. The molecular weight excluding hydrogens is 290 g/mol. The molecule has 0 saturated carbocycles. The molecule has 0 aliphatic carbocycles. The second-order valence-corrected chi connectivity index (χ2v) is 6.42. The fourth-order valence-electron chi connectivity index (χ4n) is 2.88. The van der Waals surface area contributed by atoms with Crippen molar-refractivity contribution in [2.75, 3.05) is 6.54 Å². The normalized spacial score (nSPS) is 19.1. The van der Waals surface area contributed by atoms with Gasteiger partial charge in [0.1, 0.15) is 10.9 Å². The molecule has 21 heavy (non-hydrogen) atoms. The van der Waals surface area contributed by atoms with Crippen molar-refractivity contribution in [3.8, 4) is 0 Å². The van der Waals surface area contributed by atoms with Gasteiger partial charge in [0, 0.05) is 19.0 Å². The predicted octanol–water partition coefficient (Wildman–Crippen LogP) is 2.02. The number of aryl methyl sites for hydroxylation is 2. The minimum Gasteiger partial charge on any atom is -0.480 e. The molecule has 1 fully saturated rings. The van der Waals surface area contributed by atoms with Crippen molar-refractivity contribution in [3.63, 3.8) is 0 Å². The second-order valence-electron chi connectivity index (χ2n) is 5.39. The van der Waals surface area contributed by atoms with E-state index in [0.717, 1.165) is 28.8 Å². The van der Waals surface area contributed by atoms with Gasteiger partial charge in [0.15, 0.2) is 0 Å². The second kappa shape index (κ2) is 5.14. The first-order chi connectivity index (χ1) is 9.99. The van der Waals surface area contributed by atoms with E-state index in [1.807, 2.05) is 20.0 Å². The third-order valence-corrected chi connectivity index (χ3v) is 5.15. The van der Waals surface area contributed by atoms with E-state index in [-0.39, 0.29) is 5.91 Å². The van der Waals surface area contributed by atoms with Crippen LogP contribution in [0.5, 0.6) is 0 Å². The van der Waals surface area contributed by atoms with Crippen LogP contribution in [0.15, 0.2) is 6.07 Å². The molecule has 7 heteroatoms. The van der Waals surface area contributed by atoms with Gasteiger partial charge in [0.05, 0.1) is 10.6 Å². The van der Waals surface area contributed by atoms with Crippen molar-refractivity contribution in [1.29, 1.82) is 0 Å². The molecule has 3 rings (SSSR count). The maximum atomic E-state index is 12.6. The number of aliphatic carboxylic acids is 1. The number of nitrogens with zero attached hydrogens (tertiary/aromatic N) is 3. The van der Waals surface area contributed by atoms with E-state index in [2.05, 4.69) is 5.10 Å². The van der Waals surface area contributed by atoms with Crippen molar-refractivity contribution >= 4 is 33.4 Å². The lowest BCUT2D eigenvalue weighted by molar-refractivity contribution is -0.143. The Morgan fingerprint density at radius 1 is 1.43 bits per heavy atom. The molecule has 0 bridgehead atoms. The van der Waals surface area contributed by atoms with Crippen molar-refractivity contribution < 1.29 is 14.7 Å². The Labute approximate surface area is 126 Å². The Morgan fingerprint density at radius 2 is 2.19 bits per heavy atom. The summed E-state index contributed by atoms with van der Waals surface area (Å²) in [4.78, 5) is 27.0. The van der Waals surface area contributed by atoms with E-state index in [0.29, 0.717) is 17.8 Å². The number of carboxylic acid groups (broad SMARTS) is 1. The predicted molar refractivity (Wildman–Crippen MR) is 79.6 cm³/mol. The molecule has 6 nitrogen and oxygen atoms in total. The topological polar surface area (TPSA) is 75.4 Å². The van der Waals surface area contributed by atoms with Crippen molar-refractivity contribution in [1.82, 2.24) is 14.7 Å². The van der Waals surface area contributed by atoms with Crippen LogP contribution in [0.3, 0.4) is 0 Å². The number of carbonyl (C=O) groups excluding carboxylic acids is 1. The summed E-state index contributed by atoms with van der Waals surface area (Å²) in [6.07, 6.45) is 2.25. The third-order valence-electron chi connectivity index (χ3n) is 3.96. The Balaban J connectivity index is 1.95. The van der Waals surface area contributed by atoms with Crippen molar-refractivity contribution in [3.05, 3.63) is 16.6 Å². The van der Waals surface area contributed by atoms with Gasteiger partial charge < -0.3 is 10.0 Å². The average Bonchev–Trinajstić information content (AvgIpc) is 3.01. The average molecular weight is 307 g/mol. The van der Waals surface area contributed by atoms with Gasteiger partial charge in [-0.1, -0.05) is 0 Å². The molecule has 1 N–H and O–H groups in total. The van der Waals surface area contributed by atoms with Crippen LogP contribution in [0.25, 0.3) is 10.2 Å². The highest BCUT2D eigenvalue weighted by atomic mass is 32.1. The number of likely N-dealkylation sites (tertiary alicyclic amines) is 1. The number of aromatic nitrogens is 2. The van der Waals surface area contributed by atoms with Crippen LogP contribution in [-0.4, -0.2) is 44.3 Å². The standard InChI is InChI=1S/C14H17N3O3S/c1-8-9-7-11(21-13(9)16(2)15-8)12(18)17-6-4-3-5-10(17)14(19)20/h7,10H,3-6H2,1-2H3,(H,19,20)/t10-/m0/s1. The van der Waals surface area contributed by atoms with Gasteiger partial charge in [0.2, 0.25) is 0 Å². The summed E-state index contributed by atoms with van der Waals surface area (Å²) in [7, 11) is 1.85. The molecule has 0 aromatic carbocycles. The van der Waals surface area contributed by atoms with Gasteiger partial charge >= 0.3 is 5.97 Å². The smallest absolute Gasteiger partial charge is 0.326 e. The van der Waals surface area contributed by atoms with E-state index in [1.54, 1.807) is 4.68 Å². The first kappa shape index (κ1) is 14.1. The highest BCUT2D eigenvalue weighted by Gasteiger charge is 2.33. The van der Waals surface area contributed by atoms with Crippen LogP contribution < -0.4 is 0 Å². The van der Waals surface area contributed by atoms with Gasteiger partial charge in [-0.2, -0.15) is 5.10 Å². The highest BCUT2D eigenvalue weighted by Crippen LogP contribution is 2.30. The first-order valence-electron chi connectivity index (χ1n) is 6.96. The summed E-state index contributed by atoms with van der Waals surface area (Å²) >= 11 is 1.38. The molecule has 1 aliphatic rings. The Hall–Kier alpha value is -1.89. The van der Waals surface area contributed by atoms with Gasteiger partial charge in [-0.25, -0.2) is 4.79 Å². The zero-order valence-corrected chi connectivity index (χ0v) is 12.8. The van der Waals surface area contributed by atoms with Crippen LogP contribution in [0.2, 0.25) is 0 Å². The maximum absolute atomic E-state index is 12.6. The number of hydrogen-bond donors (Lipinski definition) is 1. The number of fused-ring (bicyclic) bond motifs is 1. The van der Waals surface area contributed by atoms with E-state index >= 15 is 0 Å². The number of thiophene rings is 1. The molecule has 1 aliphatic heterocycles. The zero-order chi connectivity index (χ0) is 15.1. The monoisotopic (exact) mass is 307 g/mol. The van der Waals surface area contributed by atoms with Crippen LogP contribution in [-0.2, 0) is 11.8 Å². The van der Waals surface area contributed by atoms with Gasteiger partial charge in [-0.05, 0) is 32.3 Å².